The predicted octanol–water partition coefficient (Wildman–Crippen LogP) is 3.48. The second-order valence-electron chi connectivity index (χ2n) is 7.45. The predicted molar refractivity (Wildman–Crippen MR) is 122 cm³/mol. The van der Waals surface area contributed by atoms with Gasteiger partial charge in [-0.05, 0) is 25.5 Å². The molecule has 1 aromatic carbocycles. The second-order valence-corrected chi connectivity index (χ2v) is 7.45. The minimum atomic E-state index is -1.35. The molecule has 0 unspecified atom stereocenters. The van der Waals surface area contributed by atoms with Crippen LogP contribution >= 0.6 is 0 Å². The van der Waals surface area contributed by atoms with Gasteiger partial charge >= 0.3 is 11.9 Å². The highest BCUT2D eigenvalue weighted by molar-refractivity contribution is 6.13. The molecule has 33 heavy (non-hydrogen) atoms. The number of amides is 2. The zero-order valence-corrected chi connectivity index (χ0v) is 19.1. The number of anilines is 2. The van der Waals surface area contributed by atoms with Crippen LogP contribution in [0.1, 0.15) is 73.0 Å². The highest BCUT2D eigenvalue weighted by atomic mass is 16.5. The number of unbranched alkanes of at least 4 members (excludes halogenated alkanes) is 3. The van der Waals surface area contributed by atoms with Gasteiger partial charge in [0, 0.05) is 19.7 Å². The van der Waals surface area contributed by atoms with Gasteiger partial charge in [-0.1, -0.05) is 32.3 Å². The number of benzene rings is 1. The molecule has 0 atom stereocenters. The molecular formula is C23H30N4O6. The van der Waals surface area contributed by atoms with E-state index in [1.165, 1.54) is 25.1 Å². The van der Waals surface area contributed by atoms with Crippen LogP contribution in [0, 0.1) is 0 Å². The number of ether oxygens (including phenoxy) is 1. The molecule has 0 aliphatic heterocycles. The molecule has 10 heteroatoms. The molecule has 0 spiro atoms. The van der Waals surface area contributed by atoms with E-state index in [-0.39, 0.29) is 35.7 Å². The lowest BCUT2D eigenvalue weighted by atomic mass is 10.0. The van der Waals surface area contributed by atoms with Gasteiger partial charge in [0.15, 0.2) is 5.82 Å². The summed E-state index contributed by atoms with van der Waals surface area (Å²) in [7, 11) is 0. The SMILES string of the molecule is CCCCCCn1cc(NC(=O)c2cccc(NC(C)=O)c2C(=O)O)nc1CC(=O)OCC. The van der Waals surface area contributed by atoms with E-state index in [0.717, 1.165) is 25.7 Å². The average Bonchev–Trinajstić information content (AvgIpc) is 3.11. The third-order valence-corrected chi connectivity index (χ3v) is 4.79. The zero-order chi connectivity index (χ0) is 24.4. The second kappa shape index (κ2) is 12.4. The number of esters is 1. The molecule has 0 bridgehead atoms. The molecule has 0 aliphatic carbocycles. The van der Waals surface area contributed by atoms with E-state index < -0.39 is 23.8 Å². The molecule has 10 nitrogen and oxygen atoms in total. The van der Waals surface area contributed by atoms with Crippen molar-refractivity contribution in [2.24, 2.45) is 0 Å². The van der Waals surface area contributed by atoms with E-state index in [0.29, 0.717) is 12.4 Å². The molecule has 0 aliphatic rings. The third-order valence-electron chi connectivity index (χ3n) is 4.79. The summed E-state index contributed by atoms with van der Waals surface area (Å²) < 4.78 is 6.81. The molecule has 178 valence electrons. The summed E-state index contributed by atoms with van der Waals surface area (Å²) in [4.78, 5) is 52.4. The highest BCUT2D eigenvalue weighted by Gasteiger charge is 2.22. The molecule has 1 aromatic heterocycles. The van der Waals surface area contributed by atoms with Gasteiger partial charge in [0.1, 0.15) is 12.2 Å². The van der Waals surface area contributed by atoms with Gasteiger partial charge in [0.2, 0.25) is 5.91 Å². The van der Waals surface area contributed by atoms with E-state index in [4.69, 9.17) is 4.74 Å². The Balaban J connectivity index is 2.29. The fourth-order valence-corrected chi connectivity index (χ4v) is 3.35. The lowest BCUT2D eigenvalue weighted by molar-refractivity contribution is -0.142. The Kier molecular flexibility index (Phi) is 9.59. The molecule has 2 rings (SSSR count). The Hall–Kier alpha value is -3.69. The first-order valence-corrected chi connectivity index (χ1v) is 10.9. The maximum Gasteiger partial charge on any atom is 0.338 e. The number of carbonyl (C=O) groups excluding carboxylic acids is 3. The van der Waals surface area contributed by atoms with E-state index in [9.17, 15) is 24.3 Å². The van der Waals surface area contributed by atoms with Crippen LogP contribution in [0.2, 0.25) is 0 Å². The van der Waals surface area contributed by atoms with Gasteiger partial charge in [-0.25, -0.2) is 9.78 Å². The number of nitrogens with one attached hydrogen (secondary N) is 2. The Morgan fingerprint density at radius 1 is 1.09 bits per heavy atom. The summed E-state index contributed by atoms with van der Waals surface area (Å²) in [6, 6.07) is 4.24. The molecular weight excluding hydrogens is 428 g/mol. The van der Waals surface area contributed by atoms with Crippen molar-refractivity contribution in [1.29, 1.82) is 0 Å². The molecule has 2 aromatic rings. The van der Waals surface area contributed by atoms with E-state index in [1.54, 1.807) is 17.7 Å². The van der Waals surface area contributed by atoms with Crippen LogP contribution in [0.3, 0.4) is 0 Å². The number of rotatable bonds is 12. The van der Waals surface area contributed by atoms with Crippen molar-refractivity contribution in [3.8, 4) is 0 Å². The molecule has 1 heterocycles. The number of nitrogens with zero attached hydrogens (tertiary/aromatic N) is 2. The molecule has 0 radical (unpaired) electrons. The van der Waals surface area contributed by atoms with Crippen molar-refractivity contribution in [2.45, 2.75) is 59.4 Å². The fourth-order valence-electron chi connectivity index (χ4n) is 3.35. The standard InChI is InChI=1S/C23H30N4O6/c1-4-6-7-8-12-27-14-18(25-19(27)13-20(29)33-5-2)26-22(30)16-10-9-11-17(24-15(3)28)21(16)23(31)32/h9-11,14H,4-8,12-13H2,1-3H3,(H,24,28)(H,26,30)(H,31,32). The summed E-state index contributed by atoms with van der Waals surface area (Å²) in [5, 5.41) is 14.6. The Bertz CT molecular complexity index is 1010. The van der Waals surface area contributed by atoms with E-state index in [2.05, 4.69) is 22.5 Å². The number of aryl methyl sites for hydroxylation is 1. The van der Waals surface area contributed by atoms with Crippen LogP contribution in [0.5, 0.6) is 0 Å². The largest absolute Gasteiger partial charge is 0.478 e. The van der Waals surface area contributed by atoms with Crippen molar-refractivity contribution in [2.75, 3.05) is 17.2 Å². The minimum absolute atomic E-state index is 0.0205. The van der Waals surface area contributed by atoms with Crippen LogP contribution in [-0.4, -0.2) is 45.0 Å². The van der Waals surface area contributed by atoms with E-state index in [1.807, 2.05) is 0 Å². The Morgan fingerprint density at radius 2 is 1.85 bits per heavy atom. The summed E-state index contributed by atoms with van der Waals surface area (Å²) in [6.45, 7) is 5.95. The van der Waals surface area contributed by atoms with Crippen LogP contribution < -0.4 is 10.6 Å². The van der Waals surface area contributed by atoms with Gasteiger partial charge in [0.05, 0.1) is 23.4 Å². The Labute approximate surface area is 192 Å². The smallest absolute Gasteiger partial charge is 0.338 e. The zero-order valence-electron chi connectivity index (χ0n) is 19.1. The monoisotopic (exact) mass is 458 g/mol. The first-order chi connectivity index (χ1) is 15.8. The molecule has 0 saturated heterocycles. The summed E-state index contributed by atoms with van der Waals surface area (Å²) in [6.07, 6.45) is 5.66. The number of carbonyl (C=O) groups is 4. The number of carboxylic acid groups (broad SMARTS) is 1. The molecule has 0 saturated carbocycles. The van der Waals surface area contributed by atoms with Crippen molar-refractivity contribution in [3.63, 3.8) is 0 Å². The number of aromatic nitrogens is 2. The number of imidazole rings is 1. The first kappa shape index (κ1) is 25.6. The number of carboxylic acids is 1. The topological polar surface area (TPSA) is 140 Å². The Morgan fingerprint density at radius 3 is 2.48 bits per heavy atom. The van der Waals surface area contributed by atoms with Crippen molar-refractivity contribution < 1.29 is 29.0 Å². The maximum absolute atomic E-state index is 12.9. The van der Waals surface area contributed by atoms with Gasteiger partial charge in [-0.3, -0.25) is 14.4 Å². The van der Waals surface area contributed by atoms with Gasteiger partial charge < -0.3 is 25.0 Å². The van der Waals surface area contributed by atoms with Crippen LogP contribution in [0.25, 0.3) is 0 Å². The number of hydrogen-bond acceptors (Lipinski definition) is 6. The quantitative estimate of drug-likeness (QED) is 0.327. The summed E-state index contributed by atoms with van der Waals surface area (Å²) in [5.74, 6) is -2.29. The molecule has 3 N–H and O–H groups in total. The third kappa shape index (κ3) is 7.44. The first-order valence-electron chi connectivity index (χ1n) is 10.9. The lowest BCUT2D eigenvalue weighted by Gasteiger charge is -2.11. The van der Waals surface area contributed by atoms with Crippen LogP contribution in [-0.2, 0) is 27.3 Å². The van der Waals surface area contributed by atoms with Crippen LogP contribution in [0.15, 0.2) is 24.4 Å². The fraction of sp³-hybridized carbons (Fsp3) is 0.435. The number of hydrogen-bond donors (Lipinski definition) is 3. The molecule has 2 amide bonds. The van der Waals surface area contributed by atoms with Crippen molar-refractivity contribution in [1.82, 2.24) is 9.55 Å². The molecule has 0 fully saturated rings. The minimum Gasteiger partial charge on any atom is -0.478 e. The van der Waals surface area contributed by atoms with Gasteiger partial charge in [-0.2, -0.15) is 0 Å². The summed E-state index contributed by atoms with van der Waals surface area (Å²) in [5.41, 5.74) is -0.429. The van der Waals surface area contributed by atoms with Gasteiger partial charge in [-0.15, -0.1) is 0 Å². The normalized spacial score (nSPS) is 10.5. The number of aromatic carboxylic acids is 1. The van der Waals surface area contributed by atoms with E-state index >= 15 is 0 Å². The average molecular weight is 459 g/mol. The van der Waals surface area contributed by atoms with Crippen LogP contribution in [0.4, 0.5) is 11.5 Å². The van der Waals surface area contributed by atoms with Crippen molar-refractivity contribution >= 4 is 35.3 Å². The highest BCUT2D eigenvalue weighted by Crippen LogP contribution is 2.22. The lowest BCUT2D eigenvalue weighted by Crippen LogP contribution is -2.19. The van der Waals surface area contributed by atoms with Gasteiger partial charge in [0.25, 0.3) is 5.91 Å². The van der Waals surface area contributed by atoms with Crippen molar-refractivity contribution in [3.05, 3.63) is 41.3 Å². The summed E-state index contributed by atoms with van der Waals surface area (Å²) >= 11 is 0. The maximum atomic E-state index is 12.9.